The molecular weight excluding hydrogens is 402 g/mol. The lowest BCUT2D eigenvalue weighted by atomic mass is 9.85. The molecule has 3 heterocycles. The van der Waals surface area contributed by atoms with Gasteiger partial charge in [-0.3, -0.25) is 14.5 Å². The molecule has 0 spiro atoms. The van der Waals surface area contributed by atoms with Crippen LogP contribution in [0.25, 0.3) is 10.9 Å². The molecule has 1 unspecified atom stereocenters. The number of pyridine rings is 1. The van der Waals surface area contributed by atoms with E-state index in [4.69, 9.17) is 27.2 Å². The molecule has 4 rings (SSSR count). The number of aromatic nitrogens is 3. The van der Waals surface area contributed by atoms with Crippen molar-refractivity contribution in [2.75, 3.05) is 25.9 Å². The molecule has 1 atom stereocenters. The third-order valence-electron chi connectivity index (χ3n) is 6.13. The summed E-state index contributed by atoms with van der Waals surface area (Å²) in [6.07, 6.45) is 3.42. The van der Waals surface area contributed by atoms with Crippen LogP contribution < -0.4 is 10.5 Å². The van der Waals surface area contributed by atoms with Crippen LogP contribution in [0.5, 0.6) is 5.75 Å². The summed E-state index contributed by atoms with van der Waals surface area (Å²) < 4.78 is 7.83. The number of nitrogens with two attached hydrogens (primary N) is 1. The van der Waals surface area contributed by atoms with E-state index in [9.17, 15) is 4.79 Å². The highest BCUT2D eigenvalue weighted by Crippen LogP contribution is 2.44. The Balaban J connectivity index is 1.84. The molecule has 2 N–H and O–H groups in total. The number of likely N-dealkylation sites (tertiary alicyclic amines) is 1. The van der Waals surface area contributed by atoms with E-state index in [0.29, 0.717) is 23.8 Å². The van der Waals surface area contributed by atoms with E-state index in [-0.39, 0.29) is 17.9 Å². The van der Waals surface area contributed by atoms with Gasteiger partial charge in [0.25, 0.3) is 0 Å². The van der Waals surface area contributed by atoms with Gasteiger partial charge in [-0.15, -0.1) is 0 Å². The molecule has 0 bridgehead atoms. The number of amides is 1. The van der Waals surface area contributed by atoms with Crippen molar-refractivity contribution in [1.29, 1.82) is 0 Å². The highest BCUT2D eigenvalue weighted by atomic mass is 35.5. The number of nitrogen functional groups attached to an aromatic ring is 1. The summed E-state index contributed by atoms with van der Waals surface area (Å²) >= 11 is 6.65. The van der Waals surface area contributed by atoms with E-state index in [1.54, 1.807) is 26.4 Å². The number of carbonyl (C=O) groups excluding carboxylic acids is 1. The molecule has 1 aliphatic heterocycles. The highest BCUT2D eigenvalue weighted by molar-refractivity contribution is 6.31. The van der Waals surface area contributed by atoms with Gasteiger partial charge in [0.05, 0.1) is 42.4 Å². The van der Waals surface area contributed by atoms with E-state index in [0.717, 1.165) is 39.0 Å². The number of methoxy groups -OCH3 is 1. The number of ether oxygens (including phenoxy) is 1. The van der Waals surface area contributed by atoms with Crippen LogP contribution in [0, 0.1) is 13.8 Å². The van der Waals surface area contributed by atoms with Gasteiger partial charge in [0, 0.05) is 47.5 Å². The number of aryl methyl sites for hydroxylation is 1. The summed E-state index contributed by atoms with van der Waals surface area (Å²) in [5.41, 5.74) is 11.5. The number of carbonyl (C=O) groups is 1. The molecule has 0 saturated carbocycles. The van der Waals surface area contributed by atoms with E-state index < -0.39 is 0 Å². The average molecular weight is 428 g/mol. The fourth-order valence-corrected chi connectivity index (χ4v) is 4.66. The Labute approximate surface area is 180 Å². The zero-order chi connectivity index (χ0) is 21.7. The van der Waals surface area contributed by atoms with E-state index >= 15 is 0 Å². The van der Waals surface area contributed by atoms with Crippen molar-refractivity contribution in [3.05, 3.63) is 45.9 Å². The van der Waals surface area contributed by atoms with Crippen LogP contribution in [0.2, 0.25) is 5.02 Å². The maximum Gasteiger partial charge on any atom is 0.219 e. The number of nitrogens with zero attached hydrogens (tertiary/aromatic N) is 4. The Morgan fingerprint density at radius 1 is 1.33 bits per heavy atom. The van der Waals surface area contributed by atoms with E-state index in [2.05, 4.69) is 11.9 Å². The zero-order valence-electron chi connectivity index (χ0n) is 17.9. The van der Waals surface area contributed by atoms with Crippen molar-refractivity contribution in [3.63, 3.8) is 0 Å². The van der Waals surface area contributed by atoms with E-state index in [1.807, 2.05) is 29.5 Å². The molecule has 1 aliphatic rings. The van der Waals surface area contributed by atoms with Crippen molar-refractivity contribution in [2.24, 2.45) is 0 Å². The predicted octanol–water partition coefficient (Wildman–Crippen LogP) is 3.85. The van der Waals surface area contributed by atoms with Crippen LogP contribution >= 0.6 is 11.6 Å². The normalized spacial score (nSPS) is 15.3. The molecular formula is C22H26ClN5O2. The number of hydrogen-bond donors (Lipinski definition) is 1. The van der Waals surface area contributed by atoms with Crippen LogP contribution in [0.4, 0.5) is 5.69 Å². The van der Waals surface area contributed by atoms with Gasteiger partial charge in [-0.05, 0) is 32.4 Å². The first-order valence-corrected chi connectivity index (χ1v) is 10.3. The van der Waals surface area contributed by atoms with E-state index in [1.165, 1.54) is 0 Å². The van der Waals surface area contributed by atoms with Gasteiger partial charge in [0.2, 0.25) is 5.91 Å². The number of rotatable bonds is 4. The van der Waals surface area contributed by atoms with Crippen LogP contribution in [0.15, 0.2) is 18.5 Å². The Morgan fingerprint density at radius 2 is 2.03 bits per heavy atom. The van der Waals surface area contributed by atoms with Gasteiger partial charge in [0.1, 0.15) is 5.75 Å². The third-order valence-corrected chi connectivity index (χ3v) is 6.52. The van der Waals surface area contributed by atoms with Gasteiger partial charge < -0.3 is 15.4 Å². The Morgan fingerprint density at radius 3 is 2.67 bits per heavy atom. The molecule has 1 saturated heterocycles. The standard InChI is InChI=1S/C22H26ClN5O2/c1-11-17(23)6-16(22(30-5)20(11)15-9-27(10-15)14(4)29)13(3)28-19-8-25-7-18(24)21(19)12(2)26-28/h6-8,13,15H,9-10,24H2,1-5H3. The number of anilines is 1. The largest absolute Gasteiger partial charge is 0.496 e. The van der Waals surface area contributed by atoms with Crippen molar-refractivity contribution in [2.45, 2.75) is 39.7 Å². The summed E-state index contributed by atoms with van der Waals surface area (Å²) in [4.78, 5) is 17.7. The van der Waals surface area contributed by atoms with Crippen molar-refractivity contribution >= 4 is 34.1 Å². The summed E-state index contributed by atoms with van der Waals surface area (Å²) in [5, 5.41) is 6.33. The molecule has 158 valence electrons. The zero-order valence-corrected chi connectivity index (χ0v) is 18.6. The first-order chi connectivity index (χ1) is 14.2. The molecule has 2 aromatic heterocycles. The Hall–Kier alpha value is -2.80. The fourth-order valence-electron chi connectivity index (χ4n) is 4.44. The first-order valence-electron chi connectivity index (χ1n) is 9.95. The lowest BCUT2D eigenvalue weighted by Gasteiger charge is -2.40. The monoisotopic (exact) mass is 427 g/mol. The van der Waals surface area contributed by atoms with Crippen molar-refractivity contribution < 1.29 is 9.53 Å². The molecule has 7 nitrogen and oxygen atoms in total. The average Bonchev–Trinajstić information content (AvgIpc) is 3.00. The molecule has 8 heteroatoms. The van der Waals surface area contributed by atoms with Crippen LogP contribution in [0.3, 0.4) is 0 Å². The van der Waals surface area contributed by atoms with Gasteiger partial charge in [-0.1, -0.05) is 11.6 Å². The highest BCUT2D eigenvalue weighted by Gasteiger charge is 2.35. The van der Waals surface area contributed by atoms with Crippen LogP contribution in [-0.4, -0.2) is 45.8 Å². The van der Waals surface area contributed by atoms with Crippen LogP contribution in [-0.2, 0) is 4.79 Å². The van der Waals surface area contributed by atoms with Gasteiger partial charge >= 0.3 is 0 Å². The lowest BCUT2D eigenvalue weighted by Crippen LogP contribution is -2.47. The maximum absolute atomic E-state index is 11.7. The van der Waals surface area contributed by atoms with Crippen molar-refractivity contribution in [3.8, 4) is 5.75 Å². The fraction of sp³-hybridized carbons (Fsp3) is 0.409. The summed E-state index contributed by atoms with van der Waals surface area (Å²) in [7, 11) is 1.68. The van der Waals surface area contributed by atoms with Gasteiger partial charge in [0.15, 0.2) is 0 Å². The summed E-state index contributed by atoms with van der Waals surface area (Å²) in [5.74, 6) is 1.08. The third kappa shape index (κ3) is 3.08. The molecule has 0 aliphatic carbocycles. The second-order valence-corrected chi connectivity index (χ2v) is 8.38. The van der Waals surface area contributed by atoms with Gasteiger partial charge in [-0.25, -0.2) is 0 Å². The second kappa shape index (κ2) is 7.47. The SMILES string of the molecule is COc1c(C(C)n2nc(C)c3c(N)cncc32)cc(Cl)c(C)c1C1CN(C(C)=O)C1. The minimum absolute atomic E-state index is 0.0852. The summed E-state index contributed by atoms with van der Waals surface area (Å²) in [6.45, 7) is 8.94. The molecule has 0 radical (unpaired) electrons. The molecule has 30 heavy (non-hydrogen) atoms. The predicted molar refractivity (Wildman–Crippen MR) is 118 cm³/mol. The first kappa shape index (κ1) is 20.5. The number of hydrogen-bond acceptors (Lipinski definition) is 5. The molecule has 1 aromatic carbocycles. The van der Waals surface area contributed by atoms with Crippen molar-refractivity contribution in [1.82, 2.24) is 19.7 Å². The lowest BCUT2D eigenvalue weighted by molar-refractivity contribution is -0.133. The maximum atomic E-state index is 11.7. The quantitative estimate of drug-likeness (QED) is 0.683. The minimum atomic E-state index is -0.152. The smallest absolute Gasteiger partial charge is 0.219 e. The Kier molecular flexibility index (Phi) is 5.10. The van der Waals surface area contributed by atoms with Crippen LogP contribution in [0.1, 0.15) is 48.2 Å². The number of fused-ring (bicyclic) bond motifs is 1. The molecule has 1 amide bonds. The molecule has 1 fully saturated rings. The van der Waals surface area contributed by atoms with Gasteiger partial charge in [-0.2, -0.15) is 5.10 Å². The number of halogens is 1. The Bertz CT molecular complexity index is 1150. The topological polar surface area (TPSA) is 86.3 Å². The minimum Gasteiger partial charge on any atom is -0.496 e. The number of benzene rings is 1. The summed E-state index contributed by atoms with van der Waals surface area (Å²) in [6, 6.07) is 1.80. The second-order valence-electron chi connectivity index (χ2n) is 7.97. The molecule has 3 aromatic rings.